The molecule has 0 saturated heterocycles. The Balaban J connectivity index is 2.03. The second kappa shape index (κ2) is 9.69. The maximum Gasteiger partial charge on any atom is 0.303 e. The molecular formula is C20H25NO4. The van der Waals surface area contributed by atoms with Crippen molar-refractivity contribution in [2.45, 2.75) is 25.9 Å². The van der Waals surface area contributed by atoms with Gasteiger partial charge in [0.1, 0.15) is 11.5 Å². The molecule has 5 heteroatoms. The summed E-state index contributed by atoms with van der Waals surface area (Å²) in [6.45, 7) is 2.25. The van der Waals surface area contributed by atoms with Gasteiger partial charge < -0.3 is 14.6 Å². The average Bonchev–Trinajstić information content (AvgIpc) is 2.62. The maximum absolute atomic E-state index is 10.8. The standard InChI is InChI=1S/C20H25NO4/c1-24-18-9-5-16(6-10-18)14-21(13-3-4-20(22)23)15-17-7-11-19(25-2)12-8-17/h5-12H,3-4,13-15H2,1-2H3,(H,22,23). The van der Waals surface area contributed by atoms with Crippen molar-refractivity contribution in [2.24, 2.45) is 0 Å². The van der Waals surface area contributed by atoms with Crippen LogP contribution in [0, 0.1) is 0 Å². The van der Waals surface area contributed by atoms with E-state index in [0.717, 1.165) is 31.1 Å². The molecule has 0 radical (unpaired) electrons. The molecule has 0 aromatic heterocycles. The number of ether oxygens (including phenoxy) is 2. The van der Waals surface area contributed by atoms with Gasteiger partial charge in [-0.15, -0.1) is 0 Å². The summed E-state index contributed by atoms with van der Waals surface area (Å²) >= 11 is 0. The predicted octanol–water partition coefficient (Wildman–Crippen LogP) is 3.57. The Kier molecular flexibility index (Phi) is 7.29. The first-order valence-corrected chi connectivity index (χ1v) is 8.30. The minimum atomic E-state index is -0.756. The summed E-state index contributed by atoms with van der Waals surface area (Å²) in [5, 5.41) is 8.87. The number of benzene rings is 2. The van der Waals surface area contributed by atoms with E-state index in [4.69, 9.17) is 14.6 Å². The number of methoxy groups -OCH3 is 2. The van der Waals surface area contributed by atoms with Crippen molar-refractivity contribution in [2.75, 3.05) is 20.8 Å². The van der Waals surface area contributed by atoms with Gasteiger partial charge in [0.15, 0.2) is 0 Å². The monoisotopic (exact) mass is 343 g/mol. The van der Waals surface area contributed by atoms with Gasteiger partial charge in [0.2, 0.25) is 0 Å². The molecular weight excluding hydrogens is 318 g/mol. The van der Waals surface area contributed by atoms with Gasteiger partial charge in [-0.25, -0.2) is 0 Å². The Morgan fingerprint density at radius 2 is 1.32 bits per heavy atom. The molecule has 0 aliphatic rings. The minimum Gasteiger partial charge on any atom is -0.497 e. The van der Waals surface area contributed by atoms with Gasteiger partial charge in [0.05, 0.1) is 14.2 Å². The quantitative estimate of drug-likeness (QED) is 0.715. The van der Waals surface area contributed by atoms with Gasteiger partial charge in [-0.1, -0.05) is 24.3 Å². The Hall–Kier alpha value is -2.53. The van der Waals surface area contributed by atoms with Crippen LogP contribution < -0.4 is 9.47 Å². The second-order valence-electron chi connectivity index (χ2n) is 5.90. The molecule has 0 amide bonds. The summed E-state index contributed by atoms with van der Waals surface area (Å²) in [4.78, 5) is 13.0. The van der Waals surface area contributed by atoms with Crippen LogP contribution in [-0.2, 0) is 17.9 Å². The van der Waals surface area contributed by atoms with Crippen LogP contribution in [0.25, 0.3) is 0 Å². The molecule has 134 valence electrons. The number of rotatable bonds is 10. The van der Waals surface area contributed by atoms with Gasteiger partial charge >= 0.3 is 5.97 Å². The molecule has 5 nitrogen and oxygen atoms in total. The van der Waals surface area contributed by atoms with Gasteiger partial charge in [-0.05, 0) is 48.4 Å². The zero-order valence-electron chi connectivity index (χ0n) is 14.8. The van der Waals surface area contributed by atoms with Crippen molar-refractivity contribution in [3.8, 4) is 11.5 Å². The Morgan fingerprint density at radius 1 is 0.880 bits per heavy atom. The Bertz CT molecular complexity index is 603. The molecule has 25 heavy (non-hydrogen) atoms. The van der Waals surface area contributed by atoms with Crippen molar-refractivity contribution in [3.05, 3.63) is 59.7 Å². The predicted molar refractivity (Wildman–Crippen MR) is 97.0 cm³/mol. The Labute approximate surface area is 148 Å². The zero-order chi connectivity index (χ0) is 18.1. The van der Waals surface area contributed by atoms with E-state index in [-0.39, 0.29) is 6.42 Å². The van der Waals surface area contributed by atoms with Crippen LogP contribution >= 0.6 is 0 Å². The SMILES string of the molecule is COc1ccc(CN(CCCC(=O)O)Cc2ccc(OC)cc2)cc1. The number of hydrogen-bond acceptors (Lipinski definition) is 4. The van der Waals surface area contributed by atoms with E-state index in [2.05, 4.69) is 4.90 Å². The molecule has 0 unspecified atom stereocenters. The lowest BCUT2D eigenvalue weighted by Gasteiger charge is -2.22. The molecule has 2 rings (SSSR count). The third-order valence-corrected chi connectivity index (χ3v) is 4.00. The van der Waals surface area contributed by atoms with E-state index in [9.17, 15) is 4.79 Å². The van der Waals surface area contributed by atoms with Gasteiger partial charge in [-0.2, -0.15) is 0 Å². The number of carboxylic acids is 1. The number of carboxylic acid groups (broad SMARTS) is 1. The van der Waals surface area contributed by atoms with Crippen molar-refractivity contribution in [1.82, 2.24) is 4.90 Å². The summed E-state index contributed by atoms with van der Waals surface area (Å²) in [6.07, 6.45) is 0.809. The molecule has 0 heterocycles. The van der Waals surface area contributed by atoms with Crippen LogP contribution in [0.1, 0.15) is 24.0 Å². The first kappa shape index (κ1) is 18.8. The topological polar surface area (TPSA) is 59.0 Å². The van der Waals surface area contributed by atoms with Crippen LogP contribution in [0.15, 0.2) is 48.5 Å². The minimum absolute atomic E-state index is 0.182. The van der Waals surface area contributed by atoms with Crippen LogP contribution in [0.5, 0.6) is 11.5 Å². The normalized spacial score (nSPS) is 10.7. The number of nitrogens with zero attached hydrogens (tertiary/aromatic N) is 1. The van der Waals surface area contributed by atoms with E-state index in [1.54, 1.807) is 14.2 Å². The van der Waals surface area contributed by atoms with Crippen molar-refractivity contribution >= 4 is 5.97 Å². The van der Waals surface area contributed by atoms with Gasteiger partial charge in [0.25, 0.3) is 0 Å². The van der Waals surface area contributed by atoms with Crippen molar-refractivity contribution in [1.29, 1.82) is 0 Å². The fourth-order valence-electron chi connectivity index (χ4n) is 2.65. The maximum atomic E-state index is 10.8. The fraction of sp³-hybridized carbons (Fsp3) is 0.350. The third kappa shape index (κ3) is 6.47. The average molecular weight is 343 g/mol. The smallest absolute Gasteiger partial charge is 0.303 e. The van der Waals surface area contributed by atoms with E-state index in [1.807, 2.05) is 48.5 Å². The van der Waals surface area contributed by atoms with Crippen molar-refractivity contribution < 1.29 is 19.4 Å². The van der Waals surface area contributed by atoms with E-state index >= 15 is 0 Å². The van der Waals surface area contributed by atoms with Gasteiger partial charge in [-0.3, -0.25) is 9.69 Å². The summed E-state index contributed by atoms with van der Waals surface area (Å²) in [5.74, 6) is 0.904. The van der Waals surface area contributed by atoms with Gasteiger partial charge in [0, 0.05) is 19.5 Å². The molecule has 0 atom stereocenters. The van der Waals surface area contributed by atoms with E-state index < -0.39 is 5.97 Å². The largest absolute Gasteiger partial charge is 0.497 e. The molecule has 0 saturated carbocycles. The number of aliphatic carboxylic acids is 1. The van der Waals surface area contributed by atoms with Crippen LogP contribution in [0.4, 0.5) is 0 Å². The molecule has 0 aliphatic heterocycles. The molecule has 2 aromatic rings. The van der Waals surface area contributed by atoms with E-state index in [0.29, 0.717) is 6.42 Å². The van der Waals surface area contributed by atoms with E-state index in [1.165, 1.54) is 11.1 Å². The first-order valence-electron chi connectivity index (χ1n) is 8.30. The molecule has 0 aliphatic carbocycles. The zero-order valence-corrected chi connectivity index (χ0v) is 14.8. The summed E-state index contributed by atoms with van der Waals surface area (Å²) in [6, 6.07) is 15.9. The number of hydrogen-bond donors (Lipinski definition) is 1. The highest BCUT2D eigenvalue weighted by Gasteiger charge is 2.09. The van der Waals surface area contributed by atoms with Crippen molar-refractivity contribution in [3.63, 3.8) is 0 Å². The van der Waals surface area contributed by atoms with Crippen LogP contribution in [0.2, 0.25) is 0 Å². The molecule has 0 bridgehead atoms. The molecule has 0 fully saturated rings. The Morgan fingerprint density at radius 3 is 1.68 bits per heavy atom. The highest BCUT2D eigenvalue weighted by atomic mass is 16.5. The van der Waals surface area contributed by atoms with Crippen LogP contribution in [0.3, 0.4) is 0 Å². The number of carbonyl (C=O) groups is 1. The second-order valence-corrected chi connectivity index (χ2v) is 5.90. The third-order valence-electron chi connectivity index (χ3n) is 4.00. The lowest BCUT2D eigenvalue weighted by molar-refractivity contribution is -0.137. The molecule has 2 aromatic carbocycles. The lowest BCUT2D eigenvalue weighted by Crippen LogP contribution is -2.24. The first-order chi connectivity index (χ1) is 12.1. The highest BCUT2D eigenvalue weighted by Crippen LogP contribution is 2.17. The highest BCUT2D eigenvalue weighted by molar-refractivity contribution is 5.66. The summed E-state index contributed by atoms with van der Waals surface area (Å²) in [7, 11) is 3.30. The fourth-order valence-corrected chi connectivity index (χ4v) is 2.65. The molecule has 0 spiro atoms. The lowest BCUT2D eigenvalue weighted by atomic mass is 10.1. The molecule has 1 N–H and O–H groups in total. The summed E-state index contributed by atoms with van der Waals surface area (Å²) < 4.78 is 10.4. The summed E-state index contributed by atoms with van der Waals surface area (Å²) in [5.41, 5.74) is 2.34. The van der Waals surface area contributed by atoms with Crippen LogP contribution in [-0.4, -0.2) is 36.7 Å².